The van der Waals surface area contributed by atoms with Crippen molar-refractivity contribution in [1.29, 1.82) is 0 Å². The van der Waals surface area contributed by atoms with Gasteiger partial charge in [0.2, 0.25) is 0 Å². The van der Waals surface area contributed by atoms with E-state index < -0.39 is 15.5 Å². The maximum atomic E-state index is 12.4. The molecular formula is C18H15F3N2O4S2. The van der Waals surface area contributed by atoms with E-state index in [2.05, 4.69) is 5.32 Å². The van der Waals surface area contributed by atoms with Crippen LogP contribution in [-0.2, 0) is 16.6 Å². The minimum Gasteiger partial charge on any atom is -0.497 e. The van der Waals surface area contributed by atoms with E-state index in [-0.39, 0.29) is 18.1 Å². The van der Waals surface area contributed by atoms with Crippen LogP contribution >= 0.6 is 11.3 Å². The van der Waals surface area contributed by atoms with Crippen molar-refractivity contribution in [2.75, 3.05) is 11.8 Å². The van der Waals surface area contributed by atoms with Gasteiger partial charge in [-0.25, -0.2) is 0 Å². The Morgan fingerprint density at radius 2 is 1.79 bits per heavy atom. The Hall–Kier alpha value is -2.79. The zero-order chi connectivity index (χ0) is 21.2. The van der Waals surface area contributed by atoms with Crippen molar-refractivity contribution in [2.24, 2.45) is 0 Å². The van der Waals surface area contributed by atoms with Crippen LogP contribution < -0.4 is 14.8 Å². The van der Waals surface area contributed by atoms with Gasteiger partial charge in [-0.2, -0.15) is 21.6 Å². The van der Waals surface area contributed by atoms with E-state index in [1.807, 2.05) is 12.1 Å². The molecule has 0 unspecified atom stereocenters. The molecule has 0 spiro atoms. The average molecular weight is 444 g/mol. The lowest BCUT2D eigenvalue weighted by atomic mass is 10.2. The molecule has 0 aliphatic heterocycles. The van der Waals surface area contributed by atoms with Gasteiger partial charge >= 0.3 is 15.5 Å². The first-order chi connectivity index (χ1) is 13.6. The largest absolute Gasteiger partial charge is 0.516 e. The molecule has 154 valence electrons. The zero-order valence-electron chi connectivity index (χ0n) is 14.9. The number of carbonyl (C=O) groups is 1. The summed E-state index contributed by atoms with van der Waals surface area (Å²) in [5, 5.41) is 3.59. The molecule has 0 aliphatic rings. The molecule has 29 heavy (non-hydrogen) atoms. The second kappa shape index (κ2) is 7.91. The van der Waals surface area contributed by atoms with E-state index >= 15 is 0 Å². The number of hydrogen-bond donors (Lipinski definition) is 2. The molecule has 0 atom stereocenters. The molecule has 0 saturated heterocycles. The van der Waals surface area contributed by atoms with Crippen molar-refractivity contribution in [2.45, 2.75) is 12.1 Å². The molecule has 0 saturated carbocycles. The summed E-state index contributed by atoms with van der Waals surface area (Å²) in [7, 11) is -3.91. The number of benzene rings is 2. The van der Waals surface area contributed by atoms with Crippen LogP contribution in [0, 0.1) is 0 Å². The first-order valence-corrected chi connectivity index (χ1v) is 10.4. The first kappa shape index (κ1) is 20.9. The summed E-state index contributed by atoms with van der Waals surface area (Å²) >= 11 is 1.32. The van der Waals surface area contributed by atoms with Crippen molar-refractivity contribution in [1.82, 2.24) is 5.32 Å². The highest BCUT2D eigenvalue weighted by Crippen LogP contribution is 2.29. The summed E-state index contributed by atoms with van der Waals surface area (Å²) < 4.78 is 66.9. The minimum absolute atomic E-state index is 0.128. The van der Waals surface area contributed by atoms with E-state index in [0.29, 0.717) is 16.2 Å². The van der Waals surface area contributed by atoms with Crippen molar-refractivity contribution < 1.29 is 31.1 Å². The van der Waals surface area contributed by atoms with Crippen LogP contribution in [0.2, 0.25) is 0 Å². The summed E-state index contributed by atoms with van der Waals surface area (Å²) in [6, 6.07) is 12.4. The molecule has 1 heterocycles. The van der Waals surface area contributed by atoms with Crippen LogP contribution in [0.5, 0.6) is 5.75 Å². The van der Waals surface area contributed by atoms with Gasteiger partial charge in [-0.3, -0.25) is 9.52 Å². The van der Waals surface area contributed by atoms with Crippen molar-refractivity contribution in [3.05, 3.63) is 59.0 Å². The van der Waals surface area contributed by atoms with Gasteiger partial charge in [0.1, 0.15) is 5.75 Å². The Kier molecular flexibility index (Phi) is 5.71. The number of hydrogen-bond acceptors (Lipinski definition) is 5. The van der Waals surface area contributed by atoms with Crippen molar-refractivity contribution in [3.8, 4) is 5.75 Å². The Bertz CT molecular complexity index is 1140. The quantitative estimate of drug-likeness (QED) is 0.600. The van der Waals surface area contributed by atoms with Crippen LogP contribution in [-0.4, -0.2) is 26.9 Å². The second-order valence-corrected chi connectivity index (χ2v) is 8.70. The summed E-state index contributed by atoms with van der Waals surface area (Å²) in [4.78, 5) is 12.9. The molecule has 2 N–H and O–H groups in total. The van der Waals surface area contributed by atoms with E-state index in [4.69, 9.17) is 4.74 Å². The molecule has 3 aromatic rings. The topological polar surface area (TPSA) is 84.5 Å². The highest BCUT2D eigenvalue weighted by molar-refractivity contribution is 7.93. The highest BCUT2D eigenvalue weighted by Gasteiger charge is 2.45. The van der Waals surface area contributed by atoms with Gasteiger partial charge in [0, 0.05) is 16.9 Å². The van der Waals surface area contributed by atoms with Gasteiger partial charge < -0.3 is 10.1 Å². The van der Waals surface area contributed by atoms with Crippen LogP contribution in [0.3, 0.4) is 0 Å². The lowest BCUT2D eigenvalue weighted by Crippen LogP contribution is -2.29. The van der Waals surface area contributed by atoms with Gasteiger partial charge in [-0.05, 0) is 47.3 Å². The third-order valence-electron chi connectivity index (χ3n) is 3.91. The summed E-state index contributed by atoms with van der Waals surface area (Å²) in [5.41, 5.74) is -5.03. The van der Waals surface area contributed by atoms with E-state index in [1.54, 1.807) is 19.2 Å². The molecule has 6 nitrogen and oxygen atoms in total. The summed E-state index contributed by atoms with van der Waals surface area (Å²) in [6.07, 6.45) is 0. The van der Waals surface area contributed by atoms with Crippen LogP contribution in [0.4, 0.5) is 18.9 Å². The predicted octanol–water partition coefficient (Wildman–Crippen LogP) is 4.10. The summed E-state index contributed by atoms with van der Waals surface area (Å²) in [5.74, 6) is 0.385. The molecule has 11 heteroatoms. The maximum Gasteiger partial charge on any atom is 0.516 e. The fourth-order valence-electron chi connectivity index (χ4n) is 2.43. The fourth-order valence-corrected chi connectivity index (χ4v) is 3.96. The zero-order valence-corrected chi connectivity index (χ0v) is 16.5. The number of amides is 1. The first-order valence-electron chi connectivity index (χ1n) is 8.13. The van der Waals surface area contributed by atoms with E-state index in [0.717, 1.165) is 10.1 Å². The number of thiophene rings is 1. The van der Waals surface area contributed by atoms with Gasteiger partial charge in [0.15, 0.2) is 0 Å². The number of rotatable bonds is 6. The molecule has 0 bridgehead atoms. The van der Waals surface area contributed by atoms with Crippen LogP contribution in [0.25, 0.3) is 10.1 Å². The lowest BCUT2D eigenvalue weighted by molar-refractivity contribution is -0.0429. The SMILES string of the molecule is COc1ccc2sc(C(=O)NCc3ccc(NS(=O)(=O)C(F)(F)F)cc3)cc2c1. The number of anilines is 1. The molecular weight excluding hydrogens is 429 g/mol. The molecule has 0 radical (unpaired) electrons. The number of halogens is 3. The lowest BCUT2D eigenvalue weighted by Gasteiger charge is -2.11. The summed E-state index contributed by atoms with van der Waals surface area (Å²) in [6.45, 7) is 0.128. The number of carbonyl (C=O) groups excluding carboxylic acids is 1. The van der Waals surface area contributed by atoms with Crippen molar-refractivity contribution in [3.63, 3.8) is 0 Å². The monoisotopic (exact) mass is 444 g/mol. The molecule has 0 aliphatic carbocycles. The minimum atomic E-state index is -5.47. The maximum absolute atomic E-state index is 12.4. The Morgan fingerprint density at radius 3 is 2.41 bits per heavy atom. The van der Waals surface area contributed by atoms with Gasteiger partial charge in [0.05, 0.1) is 12.0 Å². The predicted molar refractivity (Wildman–Crippen MR) is 105 cm³/mol. The number of alkyl halides is 3. The Morgan fingerprint density at radius 1 is 1.10 bits per heavy atom. The van der Waals surface area contributed by atoms with Gasteiger partial charge in [-0.15, -0.1) is 11.3 Å². The third kappa shape index (κ3) is 4.80. The Labute approximate surface area is 168 Å². The molecule has 3 rings (SSSR count). The van der Waals surface area contributed by atoms with Gasteiger partial charge in [-0.1, -0.05) is 12.1 Å². The Balaban J connectivity index is 1.63. The number of ether oxygens (including phenoxy) is 1. The number of methoxy groups -OCH3 is 1. The molecule has 2 aromatic carbocycles. The smallest absolute Gasteiger partial charge is 0.497 e. The molecule has 1 aromatic heterocycles. The van der Waals surface area contributed by atoms with Crippen molar-refractivity contribution >= 4 is 43.0 Å². The standard InChI is InChI=1S/C18H15F3N2O4S2/c1-27-14-6-7-15-12(8-14)9-16(28-15)17(24)22-10-11-2-4-13(5-3-11)23-29(25,26)18(19,20)21/h2-9,23H,10H2,1H3,(H,22,24). The van der Waals surface area contributed by atoms with Crippen LogP contribution in [0.1, 0.15) is 15.2 Å². The van der Waals surface area contributed by atoms with Gasteiger partial charge in [0.25, 0.3) is 5.91 Å². The number of fused-ring (bicyclic) bond motifs is 1. The normalized spacial score (nSPS) is 12.0. The van der Waals surface area contributed by atoms with Crippen LogP contribution in [0.15, 0.2) is 48.5 Å². The third-order valence-corrected chi connectivity index (χ3v) is 6.14. The van der Waals surface area contributed by atoms with E-state index in [1.165, 1.54) is 40.3 Å². The van der Waals surface area contributed by atoms with E-state index in [9.17, 15) is 26.4 Å². The average Bonchev–Trinajstić information content (AvgIpc) is 3.09. The number of nitrogens with one attached hydrogen (secondary N) is 2. The number of sulfonamides is 1. The second-order valence-electron chi connectivity index (χ2n) is 5.95. The highest BCUT2D eigenvalue weighted by atomic mass is 32.2. The fraction of sp³-hybridized carbons (Fsp3) is 0.167. The molecule has 1 amide bonds. The molecule has 0 fully saturated rings.